The molecule has 1 atom stereocenters. The van der Waals surface area contributed by atoms with Crippen molar-refractivity contribution in [3.63, 3.8) is 0 Å². The van der Waals surface area contributed by atoms with Gasteiger partial charge in [0.1, 0.15) is 4.90 Å². The molecule has 2 aromatic rings. The molecule has 0 aliphatic heterocycles. The second-order valence-electron chi connectivity index (χ2n) is 4.13. The van der Waals surface area contributed by atoms with Gasteiger partial charge in [-0.2, -0.15) is 5.10 Å². The monoisotopic (exact) mass is 266 g/mol. The predicted molar refractivity (Wildman–Crippen MR) is 67.1 cm³/mol. The Bertz CT molecular complexity index is 644. The standard InChI is InChI=1S/C11H14N4O2S/c1-8(12)9-3-4-11(13-5-9)15-7-10(6-14-15)18(2,16)17/h3-8H,12H2,1-2H3. The second-order valence-corrected chi connectivity index (χ2v) is 6.15. The Morgan fingerprint density at radius 3 is 2.50 bits per heavy atom. The molecule has 0 saturated heterocycles. The molecule has 2 N–H and O–H groups in total. The molecule has 2 aromatic heterocycles. The first-order valence-electron chi connectivity index (χ1n) is 5.34. The maximum absolute atomic E-state index is 11.3. The molecule has 0 aromatic carbocycles. The Balaban J connectivity index is 2.35. The van der Waals surface area contributed by atoms with E-state index in [0.29, 0.717) is 5.82 Å². The third-order valence-electron chi connectivity index (χ3n) is 2.52. The zero-order valence-corrected chi connectivity index (χ0v) is 10.9. The minimum Gasteiger partial charge on any atom is -0.324 e. The first-order chi connectivity index (χ1) is 8.38. The van der Waals surface area contributed by atoms with Crippen molar-refractivity contribution in [2.45, 2.75) is 17.9 Å². The van der Waals surface area contributed by atoms with Crippen LogP contribution in [0.5, 0.6) is 0 Å². The van der Waals surface area contributed by atoms with Gasteiger partial charge in [-0.3, -0.25) is 0 Å². The van der Waals surface area contributed by atoms with E-state index in [1.807, 2.05) is 13.0 Å². The summed E-state index contributed by atoms with van der Waals surface area (Å²) in [5.74, 6) is 0.550. The Morgan fingerprint density at radius 1 is 1.33 bits per heavy atom. The molecule has 6 nitrogen and oxygen atoms in total. The van der Waals surface area contributed by atoms with Crippen molar-refractivity contribution in [3.8, 4) is 5.82 Å². The van der Waals surface area contributed by atoms with Gasteiger partial charge < -0.3 is 5.73 Å². The van der Waals surface area contributed by atoms with Gasteiger partial charge >= 0.3 is 0 Å². The van der Waals surface area contributed by atoms with Crippen LogP contribution >= 0.6 is 0 Å². The lowest BCUT2D eigenvalue weighted by atomic mass is 10.2. The topological polar surface area (TPSA) is 90.9 Å². The highest BCUT2D eigenvalue weighted by Crippen LogP contribution is 2.13. The van der Waals surface area contributed by atoms with E-state index in [0.717, 1.165) is 11.8 Å². The van der Waals surface area contributed by atoms with Crippen LogP contribution in [0.15, 0.2) is 35.6 Å². The predicted octanol–water partition coefficient (Wildman–Crippen LogP) is 0.690. The zero-order chi connectivity index (χ0) is 13.3. The minimum atomic E-state index is -3.24. The highest BCUT2D eigenvalue weighted by atomic mass is 32.2. The van der Waals surface area contributed by atoms with Crippen molar-refractivity contribution < 1.29 is 8.42 Å². The van der Waals surface area contributed by atoms with Gasteiger partial charge in [0.2, 0.25) is 0 Å². The van der Waals surface area contributed by atoms with Gasteiger partial charge in [-0.15, -0.1) is 0 Å². The average molecular weight is 266 g/mol. The molecular weight excluding hydrogens is 252 g/mol. The molecule has 0 amide bonds. The van der Waals surface area contributed by atoms with Gasteiger partial charge in [0, 0.05) is 18.5 Å². The van der Waals surface area contributed by atoms with Crippen LogP contribution in [-0.2, 0) is 9.84 Å². The van der Waals surface area contributed by atoms with E-state index < -0.39 is 9.84 Å². The van der Waals surface area contributed by atoms with Crippen LogP contribution in [0.2, 0.25) is 0 Å². The first-order valence-corrected chi connectivity index (χ1v) is 7.23. The van der Waals surface area contributed by atoms with Crippen LogP contribution in [0.25, 0.3) is 5.82 Å². The summed E-state index contributed by atoms with van der Waals surface area (Å²) in [5.41, 5.74) is 6.63. The molecule has 18 heavy (non-hydrogen) atoms. The maximum atomic E-state index is 11.3. The van der Waals surface area contributed by atoms with E-state index in [9.17, 15) is 8.42 Å². The van der Waals surface area contributed by atoms with Crippen molar-refractivity contribution in [3.05, 3.63) is 36.3 Å². The summed E-state index contributed by atoms with van der Waals surface area (Å²) in [5, 5.41) is 3.97. The molecule has 2 rings (SSSR count). The second kappa shape index (κ2) is 4.51. The Hall–Kier alpha value is -1.73. The largest absolute Gasteiger partial charge is 0.324 e. The van der Waals surface area contributed by atoms with E-state index >= 15 is 0 Å². The van der Waals surface area contributed by atoms with Gasteiger partial charge in [-0.1, -0.05) is 6.07 Å². The molecule has 0 bridgehead atoms. The third-order valence-corrected chi connectivity index (χ3v) is 3.59. The number of hydrogen-bond donors (Lipinski definition) is 1. The fraction of sp³-hybridized carbons (Fsp3) is 0.273. The number of pyridine rings is 1. The molecule has 0 fully saturated rings. The van der Waals surface area contributed by atoms with Crippen LogP contribution in [0.3, 0.4) is 0 Å². The Labute approximate surface area is 105 Å². The fourth-order valence-electron chi connectivity index (χ4n) is 1.43. The number of aromatic nitrogens is 3. The van der Waals surface area contributed by atoms with Crippen molar-refractivity contribution in [1.29, 1.82) is 0 Å². The lowest BCUT2D eigenvalue weighted by Crippen LogP contribution is -2.06. The number of nitrogens with two attached hydrogens (primary N) is 1. The van der Waals surface area contributed by atoms with Crippen molar-refractivity contribution in [1.82, 2.24) is 14.8 Å². The molecule has 0 radical (unpaired) electrons. The molecular formula is C11H14N4O2S. The van der Waals surface area contributed by atoms with E-state index in [-0.39, 0.29) is 10.9 Å². The third kappa shape index (κ3) is 2.57. The summed E-state index contributed by atoms with van der Waals surface area (Å²) in [4.78, 5) is 4.36. The zero-order valence-electron chi connectivity index (χ0n) is 10.1. The summed E-state index contributed by atoms with van der Waals surface area (Å²) in [6.45, 7) is 1.87. The average Bonchev–Trinajstić information content (AvgIpc) is 2.78. The quantitative estimate of drug-likeness (QED) is 0.882. The van der Waals surface area contributed by atoms with Crippen LogP contribution in [0, 0.1) is 0 Å². The smallest absolute Gasteiger partial charge is 0.178 e. The summed E-state index contributed by atoms with van der Waals surface area (Å²) in [6, 6.07) is 3.50. The molecule has 0 spiro atoms. The van der Waals surface area contributed by atoms with Gasteiger partial charge in [0.15, 0.2) is 15.7 Å². The van der Waals surface area contributed by atoms with Crippen molar-refractivity contribution in [2.75, 3.05) is 6.26 Å². The summed E-state index contributed by atoms with van der Waals surface area (Å²) >= 11 is 0. The van der Waals surface area contributed by atoms with Gasteiger partial charge in [-0.25, -0.2) is 18.1 Å². The first kappa shape index (κ1) is 12.7. The van der Waals surface area contributed by atoms with E-state index in [1.54, 1.807) is 12.3 Å². The molecule has 7 heteroatoms. The normalized spacial score (nSPS) is 13.5. The van der Waals surface area contributed by atoms with E-state index in [2.05, 4.69) is 10.1 Å². The van der Waals surface area contributed by atoms with Gasteiger partial charge in [-0.05, 0) is 18.6 Å². The van der Waals surface area contributed by atoms with Crippen molar-refractivity contribution >= 4 is 9.84 Å². The summed E-state index contributed by atoms with van der Waals surface area (Å²) < 4.78 is 24.1. The molecule has 1 unspecified atom stereocenters. The van der Waals surface area contributed by atoms with E-state index in [1.165, 1.54) is 17.1 Å². The Morgan fingerprint density at radius 2 is 2.06 bits per heavy atom. The van der Waals surface area contributed by atoms with Crippen LogP contribution in [0.4, 0.5) is 0 Å². The molecule has 0 aliphatic rings. The molecule has 2 heterocycles. The number of rotatable bonds is 3. The number of sulfone groups is 1. The van der Waals surface area contributed by atoms with Crippen LogP contribution in [-0.4, -0.2) is 29.4 Å². The number of nitrogens with zero attached hydrogens (tertiary/aromatic N) is 3. The Kier molecular flexibility index (Phi) is 3.18. The lowest BCUT2D eigenvalue weighted by Gasteiger charge is -2.05. The SMILES string of the molecule is CC(N)c1ccc(-n2cc(S(C)(=O)=O)cn2)nc1. The fourth-order valence-corrected chi connectivity index (χ4v) is 1.96. The van der Waals surface area contributed by atoms with Crippen LogP contribution < -0.4 is 5.73 Å². The van der Waals surface area contributed by atoms with Crippen molar-refractivity contribution in [2.24, 2.45) is 5.73 Å². The number of hydrogen-bond acceptors (Lipinski definition) is 5. The van der Waals surface area contributed by atoms with Gasteiger partial charge in [0.05, 0.1) is 12.4 Å². The molecule has 0 aliphatic carbocycles. The highest BCUT2D eigenvalue weighted by Gasteiger charge is 2.11. The lowest BCUT2D eigenvalue weighted by molar-refractivity contribution is 0.602. The summed E-state index contributed by atoms with van der Waals surface area (Å²) in [6.07, 6.45) is 5.53. The molecule has 96 valence electrons. The molecule has 0 saturated carbocycles. The maximum Gasteiger partial charge on any atom is 0.178 e. The van der Waals surface area contributed by atoms with Gasteiger partial charge in [0.25, 0.3) is 0 Å². The van der Waals surface area contributed by atoms with Crippen LogP contribution in [0.1, 0.15) is 18.5 Å². The summed E-state index contributed by atoms with van der Waals surface area (Å²) in [7, 11) is -3.24. The minimum absolute atomic E-state index is 0.0873. The van der Waals surface area contributed by atoms with E-state index in [4.69, 9.17) is 5.73 Å². The highest BCUT2D eigenvalue weighted by molar-refractivity contribution is 7.90.